The van der Waals surface area contributed by atoms with Crippen LogP contribution in [0.15, 0.2) is 73.1 Å². The average Bonchev–Trinajstić information content (AvgIpc) is 3.92. The highest BCUT2D eigenvalue weighted by Gasteiger charge is 2.30. The van der Waals surface area contributed by atoms with E-state index in [1.807, 2.05) is 55.0 Å². The van der Waals surface area contributed by atoms with Crippen molar-refractivity contribution in [1.29, 1.82) is 0 Å². The first kappa shape index (κ1) is 31.1. The van der Waals surface area contributed by atoms with Crippen molar-refractivity contribution in [3.05, 3.63) is 95.3 Å². The van der Waals surface area contributed by atoms with Crippen LogP contribution in [0.5, 0.6) is 5.75 Å². The van der Waals surface area contributed by atoms with Crippen molar-refractivity contribution in [2.45, 2.75) is 31.9 Å². The first-order chi connectivity index (χ1) is 23.5. The molecule has 1 saturated heterocycles. The topological polar surface area (TPSA) is 87.0 Å². The predicted octanol–water partition coefficient (Wildman–Crippen LogP) is 6.05. The van der Waals surface area contributed by atoms with Crippen LogP contribution >= 0.6 is 11.9 Å². The minimum atomic E-state index is -0.222. The second-order valence-electron chi connectivity index (χ2n) is 13.0. The van der Waals surface area contributed by atoms with E-state index in [0.717, 1.165) is 66.3 Å². The molecule has 2 aromatic carbocycles. The smallest absolute Gasteiger partial charge is 0.262 e. The van der Waals surface area contributed by atoms with E-state index >= 15 is 0 Å². The molecule has 0 unspecified atom stereocenters. The number of pyridine rings is 2. The van der Waals surface area contributed by atoms with Gasteiger partial charge in [-0.05, 0) is 96.4 Å². The number of benzene rings is 2. The number of piperazine rings is 1. The van der Waals surface area contributed by atoms with Gasteiger partial charge in [0.05, 0.1) is 35.8 Å². The van der Waals surface area contributed by atoms with Crippen molar-refractivity contribution in [2.75, 3.05) is 57.5 Å². The molecular formula is C38H40N6O3S. The van der Waals surface area contributed by atoms with E-state index in [4.69, 9.17) is 14.7 Å². The maximum atomic E-state index is 14.0. The molecule has 0 radical (unpaired) electrons. The van der Waals surface area contributed by atoms with Gasteiger partial charge in [0.2, 0.25) is 0 Å². The van der Waals surface area contributed by atoms with Gasteiger partial charge in [0.1, 0.15) is 12.4 Å². The Balaban J connectivity index is 1.14. The maximum Gasteiger partial charge on any atom is 0.262 e. The van der Waals surface area contributed by atoms with Gasteiger partial charge in [0.25, 0.3) is 5.91 Å². The van der Waals surface area contributed by atoms with Crippen molar-refractivity contribution in [1.82, 2.24) is 23.7 Å². The van der Waals surface area contributed by atoms with Gasteiger partial charge in [-0.3, -0.25) is 18.7 Å². The van der Waals surface area contributed by atoms with E-state index in [-0.39, 0.29) is 12.5 Å². The Morgan fingerprint density at radius 3 is 2.54 bits per heavy atom. The molecule has 9 nitrogen and oxygen atoms in total. The third-order valence-electron chi connectivity index (χ3n) is 9.93. The summed E-state index contributed by atoms with van der Waals surface area (Å²) < 4.78 is 8.22. The Morgan fingerprint density at radius 2 is 1.79 bits per heavy atom. The molecule has 1 amide bonds. The van der Waals surface area contributed by atoms with Crippen LogP contribution in [-0.4, -0.2) is 87.4 Å². The van der Waals surface area contributed by atoms with Crippen molar-refractivity contribution in [2.24, 2.45) is 0 Å². The van der Waals surface area contributed by atoms with E-state index < -0.39 is 0 Å². The molecule has 0 bridgehead atoms. The molecule has 1 aliphatic carbocycles. The van der Waals surface area contributed by atoms with Gasteiger partial charge in [-0.15, -0.1) is 0 Å². The van der Waals surface area contributed by atoms with Crippen molar-refractivity contribution in [3.63, 3.8) is 0 Å². The number of aromatic nitrogens is 3. The molecule has 48 heavy (non-hydrogen) atoms. The number of carbonyl (C=O) groups excluding carboxylic acids is 1. The number of aliphatic hydroxyl groups excluding tert-OH is 1. The number of carbonyl (C=O) groups is 1. The fourth-order valence-electron chi connectivity index (χ4n) is 7.08. The summed E-state index contributed by atoms with van der Waals surface area (Å²) >= 11 is 1.59. The summed E-state index contributed by atoms with van der Waals surface area (Å²) in [6.07, 6.45) is 8.22. The molecule has 5 aromatic rings. The van der Waals surface area contributed by atoms with Crippen LogP contribution in [0.1, 0.15) is 45.8 Å². The monoisotopic (exact) mass is 660 g/mol. The van der Waals surface area contributed by atoms with E-state index in [1.165, 1.54) is 24.0 Å². The lowest BCUT2D eigenvalue weighted by Crippen LogP contribution is -2.43. The number of ether oxygens (including phenoxy) is 1. The summed E-state index contributed by atoms with van der Waals surface area (Å²) in [5.74, 6) is 1.11. The average molecular weight is 661 g/mol. The molecule has 1 N–H and O–H groups in total. The Morgan fingerprint density at radius 1 is 0.938 bits per heavy atom. The number of fused-ring (bicyclic) bond motifs is 2. The zero-order valence-electron chi connectivity index (χ0n) is 27.4. The minimum Gasteiger partial charge on any atom is -0.491 e. The van der Waals surface area contributed by atoms with Crippen LogP contribution < -0.4 is 9.64 Å². The number of amides is 1. The molecule has 5 heterocycles. The fraction of sp³-hybridized carbons (Fsp3) is 0.342. The number of likely N-dealkylation sites (N-methyl/N-ethyl adjacent to an activating group) is 1. The second-order valence-corrected chi connectivity index (χ2v) is 13.8. The highest BCUT2D eigenvalue weighted by molar-refractivity contribution is 7.97. The second kappa shape index (κ2) is 13.0. The number of hydrogen-bond acceptors (Lipinski definition) is 8. The van der Waals surface area contributed by atoms with Gasteiger partial charge in [0.15, 0.2) is 5.65 Å². The van der Waals surface area contributed by atoms with E-state index in [9.17, 15) is 9.90 Å². The molecule has 10 heteroatoms. The van der Waals surface area contributed by atoms with Gasteiger partial charge in [-0.2, -0.15) is 0 Å². The summed E-state index contributed by atoms with van der Waals surface area (Å²) in [6, 6.07) is 20.3. The van der Waals surface area contributed by atoms with Crippen molar-refractivity contribution >= 4 is 34.6 Å². The van der Waals surface area contributed by atoms with E-state index in [2.05, 4.69) is 45.1 Å². The molecule has 246 valence electrons. The largest absolute Gasteiger partial charge is 0.491 e. The molecule has 2 aliphatic heterocycles. The Bertz CT molecular complexity index is 1980. The normalized spacial score (nSPS) is 17.4. The Kier molecular flexibility index (Phi) is 8.42. The highest BCUT2D eigenvalue weighted by atomic mass is 32.2. The van der Waals surface area contributed by atoms with Crippen molar-refractivity contribution in [3.8, 4) is 28.3 Å². The zero-order chi connectivity index (χ0) is 32.8. The first-order valence-electron chi connectivity index (χ1n) is 16.7. The molecule has 8 rings (SSSR count). The SMILES string of the molecule is CSn1c(-c2ccc(CN3CCN(C)CC3)cn2)cc2c(-c3cccc(N4CCOc5cc(C6CC6)ccc5C4=O)c3CO)ccnc21. The third kappa shape index (κ3) is 5.77. The van der Waals surface area contributed by atoms with Gasteiger partial charge in [-0.1, -0.05) is 24.3 Å². The van der Waals surface area contributed by atoms with Gasteiger partial charge in [-0.25, -0.2) is 4.98 Å². The molecule has 2 fully saturated rings. The zero-order valence-corrected chi connectivity index (χ0v) is 28.2. The Labute approximate surface area is 285 Å². The first-order valence-corrected chi connectivity index (χ1v) is 17.9. The van der Waals surface area contributed by atoms with Crippen LogP contribution in [0.3, 0.4) is 0 Å². The number of aliphatic hydroxyl groups is 1. The molecular weight excluding hydrogens is 621 g/mol. The van der Waals surface area contributed by atoms with Crippen molar-refractivity contribution < 1.29 is 14.6 Å². The lowest BCUT2D eigenvalue weighted by molar-refractivity contribution is 0.0989. The fourth-order valence-corrected chi connectivity index (χ4v) is 7.74. The Hall–Kier alpha value is -4.22. The summed E-state index contributed by atoms with van der Waals surface area (Å²) in [5.41, 5.74) is 8.87. The van der Waals surface area contributed by atoms with Crippen LogP contribution in [0.4, 0.5) is 5.69 Å². The lowest BCUT2D eigenvalue weighted by Gasteiger charge is -2.32. The van der Waals surface area contributed by atoms with Crippen LogP contribution in [0.25, 0.3) is 33.5 Å². The molecule has 3 aliphatic rings. The summed E-state index contributed by atoms with van der Waals surface area (Å²) in [4.78, 5) is 30.3. The number of nitrogens with zero attached hydrogens (tertiary/aromatic N) is 6. The predicted molar refractivity (Wildman–Crippen MR) is 192 cm³/mol. The summed E-state index contributed by atoms with van der Waals surface area (Å²) in [5, 5.41) is 11.8. The molecule has 0 spiro atoms. The minimum absolute atomic E-state index is 0.116. The molecule has 3 aromatic heterocycles. The highest BCUT2D eigenvalue weighted by Crippen LogP contribution is 2.43. The van der Waals surface area contributed by atoms with Crippen LogP contribution in [0.2, 0.25) is 0 Å². The number of hydrogen-bond donors (Lipinski definition) is 1. The molecule has 1 saturated carbocycles. The van der Waals surface area contributed by atoms with Crippen LogP contribution in [-0.2, 0) is 13.2 Å². The van der Waals surface area contributed by atoms with Crippen LogP contribution in [0, 0.1) is 0 Å². The van der Waals surface area contributed by atoms with Gasteiger partial charge < -0.3 is 19.6 Å². The maximum absolute atomic E-state index is 14.0. The lowest BCUT2D eigenvalue weighted by atomic mass is 9.96. The molecule has 0 atom stereocenters. The number of anilines is 1. The summed E-state index contributed by atoms with van der Waals surface area (Å²) in [6.45, 7) is 5.76. The van der Waals surface area contributed by atoms with E-state index in [0.29, 0.717) is 41.6 Å². The number of rotatable bonds is 8. The third-order valence-corrected chi connectivity index (χ3v) is 10.7. The standard InChI is InChI=1S/C38H40N6O3S/c1-41-14-16-42(17-15-41)23-25-6-11-33(40-22-25)35-21-31-29(12-13-39-37(31)44(35)48-2)28-4-3-5-34(32(28)24-45)43-18-19-47-36-20-27(26-7-8-26)9-10-30(36)38(43)46/h3-6,9-13,20-22,26,45H,7-8,14-19,23-24H2,1-2H3. The van der Waals surface area contributed by atoms with Gasteiger partial charge in [0, 0.05) is 62.3 Å². The van der Waals surface area contributed by atoms with Gasteiger partial charge >= 0.3 is 0 Å². The quantitative estimate of drug-likeness (QED) is 0.216. The van der Waals surface area contributed by atoms with E-state index in [1.54, 1.807) is 16.8 Å². The summed E-state index contributed by atoms with van der Waals surface area (Å²) in [7, 11) is 2.18.